The molecule has 2 unspecified atom stereocenters. The molecule has 0 spiro atoms. The highest BCUT2D eigenvalue weighted by Gasteiger charge is 2.38. The van der Waals surface area contributed by atoms with E-state index in [2.05, 4.69) is 10.5 Å². The minimum atomic E-state index is -0.365. The van der Waals surface area contributed by atoms with E-state index < -0.39 is 0 Å². The van der Waals surface area contributed by atoms with E-state index in [-0.39, 0.29) is 22.5 Å². The molecule has 1 rings (SSSR count). The number of carbonyl (C=O) groups excluding carboxylic acids is 1. The second-order valence-corrected chi connectivity index (χ2v) is 6.12. The van der Waals surface area contributed by atoms with Crippen molar-refractivity contribution in [1.29, 1.82) is 0 Å². The summed E-state index contributed by atoms with van der Waals surface area (Å²) >= 11 is 1.68. The first-order valence-electron chi connectivity index (χ1n) is 5.96. The van der Waals surface area contributed by atoms with Crippen molar-refractivity contribution < 1.29 is 10.0 Å². The maximum atomic E-state index is 12.1. The molecule has 0 bridgehead atoms. The summed E-state index contributed by atoms with van der Waals surface area (Å²) in [6.45, 7) is 3.95. The SMILES string of the molecule is CCCC(NC(=O)C1(C)CCCS1)C(N)=NO. The molecule has 4 N–H and O–H groups in total. The molecule has 0 aromatic rings. The number of nitrogens with one attached hydrogen (secondary N) is 1. The molecule has 1 saturated heterocycles. The summed E-state index contributed by atoms with van der Waals surface area (Å²) in [6, 6.07) is -0.365. The van der Waals surface area contributed by atoms with Gasteiger partial charge in [-0.1, -0.05) is 18.5 Å². The molecule has 1 aliphatic heterocycles. The van der Waals surface area contributed by atoms with E-state index in [9.17, 15) is 4.79 Å². The van der Waals surface area contributed by atoms with Gasteiger partial charge in [-0.05, 0) is 31.9 Å². The Morgan fingerprint density at radius 3 is 2.88 bits per heavy atom. The van der Waals surface area contributed by atoms with Crippen molar-refractivity contribution >= 4 is 23.5 Å². The fraction of sp³-hybridized carbons (Fsp3) is 0.818. The van der Waals surface area contributed by atoms with Gasteiger partial charge in [0.1, 0.15) is 0 Å². The van der Waals surface area contributed by atoms with Crippen molar-refractivity contribution in [3.8, 4) is 0 Å². The molecule has 0 aliphatic carbocycles. The van der Waals surface area contributed by atoms with Gasteiger partial charge in [-0.25, -0.2) is 0 Å². The van der Waals surface area contributed by atoms with Crippen molar-refractivity contribution in [2.24, 2.45) is 10.9 Å². The van der Waals surface area contributed by atoms with Crippen LogP contribution >= 0.6 is 11.8 Å². The Morgan fingerprint density at radius 1 is 1.71 bits per heavy atom. The second-order valence-electron chi connectivity index (χ2n) is 4.52. The predicted molar refractivity (Wildman–Crippen MR) is 70.3 cm³/mol. The number of nitrogens with two attached hydrogens (primary N) is 1. The monoisotopic (exact) mass is 259 g/mol. The average Bonchev–Trinajstić information content (AvgIpc) is 2.76. The predicted octanol–water partition coefficient (Wildman–Crippen LogP) is 1.30. The van der Waals surface area contributed by atoms with Crippen LogP contribution in [-0.2, 0) is 4.79 Å². The van der Waals surface area contributed by atoms with Gasteiger partial charge in [-0.15, -0.1) is 11.8 Å². The molecule has 0 saturated carbocycles. The van der Waals surface area contributed by atoms with Crippen LogP contribution in [0.3, 0.4) is 0 Å². The van der Waals surface area contributed by atoms with E-state index >= 15 is 0 Å². The Balaban J connectivity index is 2.63. The number of oxime groups is 1. The zero-order chi connectivity index (χ0) is 12.9. The third-order valence-electron chi connectivity index (χ3n) is 3.05. The van der Waals surface area contributed by atoms with Crippen LogP contribution in [0.25, 0.3) is 0 Å². The number of rotatable bonds is 5. The van der Waals surface area contributed by atoms with E-state index in [0.717, 1.165) is 25.0 Å². The minimum absolute atomic E-state index is 0.00921. The number of nitrogens with zero attached hydrogens (tertiary/aromatic N) is 1. The standard InChI is InChI=1S/C11H21N3O2S/c1-3-5-8(9(12)14-16)13-10(15)11(2)6-4-7-17-11/h8,16H,3-7H2,1-2H3,(H2,12,14)(H,13,15). The Kier molecular flexibility index (Phi) is 5.11. The van der Waals surface area contributed by atoms with Crippen LogP contribution in [0.5, 0.6) is 0 Å². The van der Waals surface area contributed by atoms with Crippen molar-refractivity contribution in [2.45, 2.75) is 50.3 Å². The molecule has 1 aliphatic rings. The summed E-state index contributed by atoms with van der Waals surface area (Å²) in [7, 11) is 0. The molecule has 0 radical (unpaired) electrons. The van der Waals surface area contributed by atoms with E-state index in [1.54, 1.807) is 11.8 Å². The average molecular weight is 259 g/mol. The number of hydrogen-bond donors (Lipinski definition) is 3. The molecule has 17 heavy (non-hydrogen) atoms. The highest BCUT2D eigenvalue weighted by Crippen LogP contribution is 2.37. The maximum Gasteiger partial charge on any atom is 0.236 e. The number of amides is 1. The lowest BCUT2D eigenvalue weighted by Crippen LogP contribution is -2.50. The highest BCUT2D eigenvalue weighted by atomic mass is 32.2. The van der Waals surface area contributed by atoms with Gasteiger partial charge in [0.15, 0.2) is 5.84 Å². The first kappa shape index (κ1) is 14.2. The van der Waals surface area contributed by atoms with Crippen LogP contribution in [0, 0.1) is 0 Å². The van der Waals surface area contributed by atoms with Gasteiger partial charge >= 0.3 is 0 Å². The lowest BCUT2D eigenvalue weighted by atomic mass is 10.0. The molecular weight excluding hydrogens is 238 g/mol. The Labute approximate surface area is 106 Å². The Bertz CT molecular complexity index is 301. The first-order chi connectivity index (χ1) is 8.03. The van der Waals surface area contributed by atoms with E-state index in [4.69, 9.17) is 10.9 Å². The van der Waals surface area contributed by atoms with Crippen LogP contribution in [0.15, 0.2) is 5.16 Å². The lowest BCUT2D eigenvalue weighted by Gasteiger charge is -2.25. The van der Waals surface area contributed by atoms with Gasteiger partial charge in [0.05, 0.1) is 10.8 Å². The van der Waals surface area contributed by atoms with Gasteiger partial charge in [0.2, 0.25) is 5.91 Å². The molecule has 0 aromatic heterocycles. The third kappa shape index (κ3) is 3.52. The van der Waals surface area contributed by atoms with E-state index in [1.807, 2.05) is 13.8 Å². The van der Waals surface area contributed by atoms with Gasteiger partial charge < -0.3 is 16.3 Å². The Hall–Kier alpha value is -0.910. The van der Waals surface area contributed by atoms with Crippen LogP contribution in [0.2, 0.25) is 0 Å². The van der Waals surface area contributed by atoms with Gasteiger partial charge in [0.25, 0.3) is 0 Å². The smallest absolute Gasteiger partial charge is 0.236 e. The van der Waals surface area contributed by atoms with Crippen LogP contribution in [0.4, 0.5) is 0 Å². The van der Waals surface area contributed by atoms with Crippen LogP contribution in [0.1, 0.15) is 39.5 Å². The summed E-state index contributed by atoms with van der Waals surface area (Å²) in [5, 5.41) is 14.5. The third-order valence-corrected chi connectivity index (χ3v) is 4.57. The van der Waals surface area contributed by atoms with Crippen molar-refractivity contribution in [2.75, 3.05) is 5.75 Å². The van der Waals surface area contributed by atoms with E-state index in [1.165, 1.54) is 0 Å². The summed E-state index contributed by atoms with van der Waals surface area (Å²) in [5.74, 6) is 1.09. The van der Waals surface area contributed by atoms with Gasteiger partial charge in [-0.2, -0.15) is 0 Å². The topological polar surface area (TPSA) is 87.7 Å². The van der Waals surface area contributed by atoms with Gasteiger partial charge in [-0.3, -0.25) is 4.79 Å². The molecule has 5 nitrogen and oxygen atoms in total. The largest absolute Gasteiger partial charge is 0.409 e. The molecule has 98 valence electrons. The molecule has 2 atom stereocenters. The zero-order valence-corrected chi connectivity index (χ0v) is 11.2. The molecule has 0 aromatic carbocycles. The molecule has 6 heteroatoms. The number of hydrogen-bond acceptors (Lipinski definition) is 4. The van der Waals surface area contributed by atoms with Crippen LogP contribution < -0.4 is 11.1 Å². The lowest BCUT2D eigenvalue weighted by molar-refractivity contribution is -0.123. The summed E-state index contributed by atoms with van der Waals surface area (Å²) < 4.78 is -0.359. The quantitative estimate of drug-likeness (QED) is 0.300. The van der Waals surface area contributed by atoms with Crippen molar-refractivity contribution in [3.05, 3.63) is 0 Å². The van der Waals surface area contributed by atoms with Crippen molar-refractivity contribution in [3.63, 3.8) is 0 Å². The maximum absolute atomic E-state index is 12.1. The molecule has 1 amide bonds. The van der Waals surface area contributed by atoms with E-state index in [0.29, 0.717) is 6.42 Å². The zero-order valence-electron chi connectivity index (χ0n) is 10.4. The minimum Gasteiger partial charge on any atom is -0.409 e. The molecular formula is C11H21N3O2S. The highest BCUT2D eigenvalue weighted by molar-refractivity contribution is 8.01. The fourth-order valence-corrected chi connectivity index (χ4v) is 3.14. The summed E-state index contributed by atoms with van der Waals surface area (Å²) in [6.07, 6.45) is 3.50. The van der Waals surface area contributed by atoms with Crippen LogP contribution in [-0.4, -0.2) is 33.5 Å². The second kappa shape index (κ2) is 6.14. The fourth-order valence-electron chi connectivity index (χ4n) is 1.92. The Morgan fingerprint density at radius 2 is 2.41 bits per heavy atom. The van der Waals surface area contributed by atoms with Gasteiger partial charge in [0, 0.05) is 0 Å². The first-order valence-corrected chi connectivity index (χ1v) is 6.94. The summed E-state index contributed by atoms with van der Waals surface area (Å²) in [5.41, 5.74) is 5.57. The van der Waals surface area contributed by atoms with Crippen molar-refractivity contribution in [1.82, 2.24) is 5.32 Å². The normalized spacial score (nSPS) is 26.8. The molecule has 1 heterocycles. The number of carbonyl (C=O) groups is 1. The number of amidine groups is 1. The summed E-state index contributed by atoms with van der Waals surface area (Å²) in [4.78, 5) is 12.1. The number of thioether (sulfide) groups is 1. The molecule has 1 fully saturated rings.